The number of rotatable bonds is 5. The lowest BCUT2D eigenvalue weighted by Gasteiger charge is -2.09. The Hall–Kier alpha value is -2.79. The first-order valence-corrected chi connectivity index (χ1v) is 8.20. The summed E-state index contributed by atoms with van der Waals surface area (Å²) in [4.78, 5) is 12.3. The highest BCUT2D eigenvalue weighted by molar-refractivity contribution is 6.30. The minimum absolute atomic E-state index is 0.232. The van der Waals surface area contributed by atoms with E-state index in [9.17, 15) is 4.79 Å². The van der Waals surface area contributed by atoms with Crippen LogP contribution in [-0.4, -0.2) is 18.2 Å². The summed E-state index contributed by atoms with van der Waals surface area (Å²) < 4.78 is 10.3. The van der Waals surface area contributed by atoms with Crippen molar-refractivity contribution in [2.45, 2.75) is 13.3 Å². The normalized spacial score (nSPS) is 10.5. The second-order valence-corrected chi connectivity index (χ2v) is 5.81. The standard InChI is InChI=1S/C19H17ClN2O3/c1-3-12-7-4-5-10-15(12)21-18-16(19(23)24-2)17(22-25-18)13-8-6-9-14(20)11-13/h4-11,21H,3H2,1-2H3. The number of anilines is 2. The highest BCUT2D eigenvalue weighted by Gasteiger charge is 2.25. The maximum Gasteiger partial charge on any atom is 0.345 e. The van der Waals surface area contributed by atoms with Crippen LogP contribution in [0.25, 0.3) is 11.3 Å². The summed E-state index contributed by atoms with van der Waals surface area (Å²) in [6, 6.07) is 14.9. The van der Waals surface area contributed by atoms with Crippen LogP contribution in [0, 0.1) is 0 Å². The average Bonchev–Trinajstić information content (AvgIpc) is 3.05. The van der Waals surface area contributed by atoms with Gasteiger partial charge in [0, 0.05) is 16.3 Å². The van der Waals surface area contributed by atoms with Crippen molar-refractivity contribution < 1.29 is 14.1 Å². The SMILES string of the molecule is CCc1ccccc1Nc1onc(-c2cccc(Cl)c2)c1C(=O)OC. The molecule has 128 valence electrons. The number of nitrogens with zero attached hydrogens (tertiary/aromatic N) is 1. The third kappa shape index (κ3) is 3.51. The molecular formula is C19H17ClN2O3. The molecule has 25 heavy (non-hydrogen) atoms. The van der Waals surface area contributed by atoms with E-state index in [0.29, 0.717) is 16.3 Å². The zero-order valence-corrected chi connectivity index (χ0v) is 14.6. The van der Waals surface area contributed by atoms with E-state index in [-0.39, 0.29) is 11.4 Å². The number of carbonyl (C=O) groups is 1. The summed E-state index contributed by atoms with van der Waals surface area (Å²) >= 11 is 6.05. The number of aromatic nitrogens is 1. The number of halogens is 1. The highest BCUT2D eigenvalue weighted by Crippen LogP contribution is 2.33. The van der Waals surface area contributed by atoms with Crippen LogP contribution in [0.4, 0.5) is 11.6 Å². The van der Waals surface area contributed by atoms with Crippen LogP contribution in [0.15, 0.2) is 53.1 Å². The van der Waals surface area contributed by atoms with Crippen LogP contribution in [0.2, 0.25) is 5.02 Å². The molecular weight excluding hydrogens is 340 g/mol. The summed E-state index contributed by atoms with van der Waals surface area (Å²) in [5.74, 6) is -0.296. The summed E-state index contributed by atoms with van der Waals surface area (Å²) in [6.07, 6.45) is 0.839. The van der Waals surface area contributed by atoms with Crippen LogP contribution < -0.4 is 5.32 Å². The first-order valence-electron chi connectivity index (χ1n) is 7.83. The molecule has 0 aliphatic rings. The molecule has 0 saturated carbocycles. The number of benzene rings is 2. The molecule has 0 unspecified atom stereocenters. The van der Waals surface area contributed by atoms with Gasteiger partial charge in [-0.2, -0.15) is 0 Å². The average molecular weight is 357 g/mol. The van der Waals surface area contributed by atoms with Gasteiger partial charge in [-0.25, -0.2) is 4.79 Å². The maximum absolute atomic E-state index is 12.3. The molecule has 0 fully saturated rings. The van der Waals surface area contributed by atoms with Gasteiger partial charge in [0.25, 0.3) is 0 Å². The Morgan fingerprint density at radius 2 is 2.04 bits per heavy atom. The van der Waals surface area contributed by atoms with Crippen molar-refractivity contribution in [3.05, 3.63) is 64.7 Å². The number of esters is 1. The van der Waals surface area contributed by atoms with E-state index in [2.05, 4.69) is 17.4 Å². The number of aryl methyl sites for hydroxylation is 1. The van der Waals surface area contributed by atoms with Gasteiger partial charge in [0.1, 0.15) is 5.69 Å². The molecule has 0 amide bonds. The number of para-hydroxylation sites is 1. The Bertz CT molecular complexity index is 905. The van der Waals surface area contributed by atoms with Gasteiger partial charge in [-0.05, 0) is 30.2 Å². The lowest BCUT2D eigenvalue weighted by atomic mass is 10.1. The molecule has 3 rings (SSSR count). The molecule has 0 aliphatic heterocycles. The molecule has 1 aromatic heterocycles. The predicted octanol–water partition coefficient (Wildman–Crippen LogP) is 5.09. The van der Waals surface area contributed by atoms with Gasteiger partial charge in [0.15, 0.2) is 5.56 Å². The lowest BCUT2D eigenvalue weighted by molar-refractivity contribution is 0.0602. The molecule has 1 N–H and O–H groups in total. The predicted molar refractivity (Wildman–Crippen MR) is 97.4 cm³/mol. The van der Waals surface area contributed by atoms with Gasteiger partial charge in [-0.3, -0.25) is 0 Å². The van der Waals surface area contributed by atoms with Gasteiger partial charge in [0.2, 0.25) is 5.88 Å². The number of ether oxygens (including phenoxy) is 1. The Labute approximate surface area is 150 Å². The first kappa shape index (κ1) is 17.0. The van der Waals surface area contributed by atoms with E-state index in [1.54, 1.807) is 24.3 Å². The fourth-order valence-corrected chi connectivity index (χ4v) is 2.76. The molecule has 2 aromatic carbocycles. The monoisotopic (exact) mass is 356 g/mol. The molecule has 6 heteroatoms. The van der Waals surface area contributed by atoms with Crippen molar-refractivity contribution in [1.82, 2.24) is 5.16 Å². The minimum Gasteiger partial charge on any atom is -0.465 e. The topological polar surface area (TPSA) is 64.4 Å². The van der Waals surface area contributed by atoms with Gasteiger partial charge < -0.3 is 14.6 Å². The molecule has 5 nitrogen and oxygen atoms in total. The van der Waals surface area contributed by atoms with Gasteiger partial charge in [-0.15, -0.1) is 0 Å². The third-order valence-corrected chi connectivity index (χ3v) is 4.06. The number of hydrogen-bond acceptors (Lipinski definition) is 5. The largest absolute Gasteiger partial charge is 0.465 e. The maximum atomic E-state index is 12.3. The Morgan fingerprint density at radius 1 is 1.24 bits per heavy atom. The van der Waals surface area contributed by atoms with Crippen molar-refractivity contribution in [3.8, 4) is 11.3 Å². The number of hydrogen-bond donors (Lipinski definition) is 1. The van der Waals surface area contributed by atoms with Crippen molar-refractivity contribution in [2.75, 3.05) is 12.4 Å². The van der Waals surface area contributed by atoms with Crippen LogP contribution in [0.3, 0.4) is 0 Å². The third-order valence-electron chi connectivity index (χ3n) is 3.83. The first-order chi connectivity index (χ1) is 12.1. The highest BCUT2D eigenvalue weighted by atomic mass is 35.5. The molecule has 0 saturated heterocycles. The molecule has 0 radical (unpaired) electrons. The van der Waals surface area contributed by atoms with Crippen molar-refractivity contribution >= 4 is 29.1 Å². The molecule has 0 spiro atoms. The van der Waals surface area contributed by atoms with Gasteiger partial charge in [0.05, 0.1) is 7.11 Å². The summed E-state index contributed by atoms with van der Waals surface area (Å²) in [5.41, 5.74) is 3.23. The van der Waals surface area contributed by atoms with Crippen LogP contribution >= 0.6 is 11.6 Å². The van der Waals surface area contributed by atoms with Crippen LogP contribution in [-0.2, 0) is 11.2 Å². The van der Waals surface area contributed by atoms with E-state index in [4.69, 9.17) is 20.9 Å². The fourth-order valence-electron chi connectivity index (χ4n) is 2.57. The van der Waals surface area contributed by atoms with Crippen molar-refractivity contribution in [1.29, 1.82) is 0 Å². The summed E-state index contributed by atoms with van der Waals surface area (Å²) in [5, 5.41) is 7.74. The smallest absolute Gasteiger partial charge is 0.345 e. The van der Waals surface area contributed by atoms with Crippen molar-refractivity contribution in [3.63, 3.8) is 0 Å². The van der Waals surface area contributed by atoms with E-state index < -0.39 is 5.97 Å². The second-order valence-electron chi connectivity index (χ2n) is 5.37. The zero-order chi connectivity index (χ0) is 17.8. The lowest BCUT2D eigenvalue weighted by Crippen LogP contribution is -2.06. The zero-order valence-electron chi connectivity index (χ0n) is 13.9. The van der Waals surface area contributed by atoms with Crippen molar-refractivity contribution in [2.24, 2.45) is 0 Å². The Morgan fingerprint density at radius 3 is 2.76 bits per heavy atom. The van der Waals surface area contributed by atoms with Crippen LogP contribution in [0.5, 0.6) is 0 Å². The number of carbonyl (C=O) groups excluding carboxylic acids is 1. The van der Waals surface area contributed by atoms with E-state index in [1.165, 1.54) is 7.11 Å². The fraction of sp³-hybridized carbons (Fsp3) is 0.158. The summed E-state index contributed by atoms with van der Waals surface area (Å²) in [7, 11) is 1.32. The van der Waals surface area contributed by atoms with E-state index in [0.717, 1.165) is 17.7 Å². The second kappa shape index (κ2) is 7.40. The molecule has 0 bridgehead atoms. The van der Waals surface area contributed by atoms with Crippen LogP contribution in [0.1, 0.15) is 22.8 Å². The molecule has 3 aromatic rings. The molecule has 0 atom stereocenters. The number of nitrogens with one attached hydrogen (secondary N) is 1. The van der Waals surface area contributed by atoms with E-state index in [1.807, 2.05) is 24.3 Å². The quantitative estimate of drug-likeness (QED) is 0.645. The summed E-state index contributed by atoms with van der Waals surface area (Å²) in [6.45, 7) is 2.06. The molecule has 0 aliphatic carbocycles. The van der Waals surface area contributed by atoms with Gasteiger partial charge >= 0.3 is 5.97 Å². The minimum atomic E-state index is -0.535. The molecule has 1 heterocycles. The Balaban J connectivity index is 2.07. The van der Waals surface area contributed by atoms with Gasteiger partial charge in [-0.1, -0.05) is 54.0 Å². The van der Waals surface area contributed by atoms with E-state index >= 15 is 0 Å². The number of methoxy groups -OCH3 is 1. The Kier molecular flexibility index (Phi) is 5.05.